The fourth-order valence-electron chi connectivity index (χ4n) is 4.91. The van der Waals surface area contributed by atoms with Gasteiger partial charge < -0.3 is 10.1 Å². The van der Waals surface area contributed by atoms with Crippen molar-refractivity contribution in [2.24, 2.45) is 0 Å². The zero-order valence-corrected chi connectivity index (χ0v) is 27.2. The summed E-state index contributed by atoms with van der Waals surface area (Å²) in [5.74, 6) is -1.11. The van der Waals surface area contributed by atoms with E-state index in [2.05, 4.69) is 20.2 Å². The summed E-state index contributed by atoms with van der Waals surface area (Å²) < 4.78 is 65.9. The van der Waals surface area contributed by atoms with Crippen molar-refractivity contribution in [2.45, 2.75) is 70.3 Å². The van der Waals surface area contributed by atoms with E-state index in [0.29, 0.717) is 5.02 Å². The van der Waals surface area contributed by atoms with E-state index in [1.165, 1.54) is 41.5 Å². The zero-order valence-electron chi connectivity index (χ0n) is 25.7. The molecular weight excluding hydrogens is 685 g/mol. The Morgan fingerprint density at radius 2 is 1.79 bits per heavy atom. The Morgan fingerprint density at radius 3 is 2.44 bits per heavy atom. The van der Waals surface area contributed by atoms with Crippen molar-refractivity contribution in [1.82, 2.24) is 44.3 Å². The molecule has 3 aromatic heterocycles. The van der Waals surface area contributed by atoms with Crippen LogP contribution in [-0.2, 0) is 22.6 Å². The normalized spacial score (nSPS) is 17.4. The molecule has 4 aromatic rings. The van der Waals surface area contributed by atoms with Gasteiger partial charge in [0, 0.05) is 23.2 Å². The van der Waals surface area contributed by atoms with E-state index in [0.717, 1.165) is 14.1 Å². The number of aromatic nitrogens is 7. The number of benzene rings is 1. The highest BCUT2D eigenvalue weighted by atomic mass is 35.5. The second-order valence-electron chi connectivity index (χ2n) is 11.9. The largest absolute Gasteiger partial charge is 0.444 e. The molecule has 0 aliphatic carbocycles. The third-order valence-electron chi connectivity index (χ3n) is 7.07. The Balaban J connectivity index is 1.45. The van der Waals surface area contributed by atoms with Crippen molar-refractivity contribution in [1.29, 1.82) is 0 Å². The van der Waals surface area contributed by atoms with Gasteiger partial charge in [0.05, 0.1) is 18.1 Å². The van der Waals surface area contributed by atoms with Gasteiger partial charge in [-0.3, -0.25) is 14.3 Å². The van der Waals surface area contributed by atoms with Crippen LogP contribution in [0.2, 0.25) is 10.0 Å². The van der Waals surface area contributed by atoms with Crippen LogP contribution >= 0.6 is 23.2 Å². The molecule has 48 heavy (non-hydrogen) atoms. The SMILES string of the molecule is CC(C)(C)OC(=O)N1C[C@H](F)C[C@H]1C(=O)NC(Cn1c(-c2ccc(Cl)cc2)nn(Cc2ncn(-c3ncccc3Cl)n2)c1=O)C(F)(F)F. The van der Waals surface area contributed by atoms with Crippen molar-refractivity contribution in [3.63, 3.8) is 0 Å². The Labute approximate surface area is 280 Å². The van der Waals surface area contributed by atoms with E-state index >= 15 is 0 Å². The van der Waals surface area contributed by atoms with Crippen molar-refractivity contribution in [3.05, 3.63) is 75.3 Å². The van der Waals surface area contributed by atoms with Crippen LogP contribution in [0.25, 0.3) is 17.2 Å². The fourth-order valence-corrected chi connectivity index (χ4v) is 5.24. The van der Waals surface area contributed by atoms with E-state index in [9.17, 15) is 31.9 Å². The molecule has 3 atom stereocenters. The molecule has 5 rings (SSSR count). The van der Waals surface area contributed by atoms with Crippen molar-refractivity contribution >= 4 is 35.2 Å². The van der Waals surface area contributed by atoms with E-state index in [-0.39, 0.29) is 34.6 Å². The number of alkyl halides is 4. The minimum Gasteiger partial charge on any atom is -0.444 e. The van der Waals surface area contributed by atoms with Crippen LogP contribution in [0, 0.1) is 0 Å². The second-order valence-corrected chi connectivity index (χ2v) is 12.7. The maximum absolute atomic E-state index is 14.5. The fraction of sp³-hybridized carbons (Fsp3) is 0.414. The number of nitrogens with zero attached hydrogens (tertiary/aromatic N) is 8. The number of nitrogens with one attached hydrogen (secondary N) is 1. The standard InChI is InChI=1S/C29H29Cl2F4N9O4/c1-28(2,3)48-27(47)41-12-18(32)11-20(41)25(45)38-21(29(33,34)35)13-42-23(16-6-8-17(30)9-7-16)40-43(26(42)46)14-22-37-15-44(39-22)24-19(31)5-4-10-36-24/h4-10,15,18,20-21H,11-14H2,1-3H3,(H,38,45)/t18-,20+,21?/m1/s1. The average Bonchev–Trinajstić information content (AvgIpc) is 3.70. The number of hydrogen-bond acceptors (Lipinski definition) is 8. The van der Waals surface area contributed by atoms with Crippen LogP contribution in [0.1, 0.15) is 33.0 Å². The van der Waals surface area contributed by atoms with Gasteiger partial charge in [-0.1, -0.05) is 23.2 Å². The second kappa shape index (κ2) is 13.5. The number of amides is 2. The smallest absolute Gasteiger partial charge is 0.411 e. The molecule has 1 aromatic carbocycles. The lowest BCUT2D eigenvalue weighted by molar-refractivity contribution is -0.165. The minimum absolute atomic E-state index is 0.0658. The average molecular weight is 715 g/mol. The van der Waals surface area contributed by atoms with E-state index < -0.39 is 67.2 Å². The van der Waals surface area contributed by atoms with Crippen molar-refractivity contribution < 1.29 is 31.9 Å². The van der Waals surface area contributed by atoms with Gasteiger partial charge in [-0.25, -0.2) is 33.3 Å². The van der Waals surface area contributed by atoms with Crippen LogP contribution in [0.4, 0.5) is 22.4 Å². The number of pyridine rings is 1. The van der Waals surface area contributed by atoms with Crippen LogP contribution in [0.3, 0.4) is 0 Å². The van der Waals surface area contributed by atoms with Gasteiger partial charge in [-0.15, -0.1) is 10.2 Å². The number of hydrogen-bond donors (Lipinski definition) is 1. The number of ether oxygens (including phenoxy) is 1. The third kappa shape index (κ3) is 7.95. The Kier molecular flexibility index (Phi) is 9.82. The summed E-state index contributed by atoms with van der Waals surface area (Å²) in [5, 5.41) is 11.0. The lowest BCUT2D eigenvalue weighted by Crippen LogP contribution is -2.55. The van der Waals surface area contributed by atoms with Crippen LogP contribution < -0.4 is 11.0 Å². The molecule has 19 heteroatoms. The van der Waals surface area contributed by atoms with Gasteiger partial charge in [0.25, 0.3) is 0 Å². The number of halogens is 6. The van der Waals surface area contributed by atoms with E-state index in [1.807, 2.05) is 5.32 Å². The first-order valence-electron chi connectivity index (χ1n) is 14.5. The predicted molar refractivity (Wildman–Crippen MR) is 164 cm³/mol. The summed E-state index contributed by atoms with van der Waals surface area (Å²) in [6.07, 6.45) is -5.54. The Morgan fingerprint density at radius 1 is 1.08 bits per heavy atom. The van der Waals surface area contributed by atoms with Gasteiger partial charge in [0.15, 0.2) is 17.5 Å². The number of likely N-dealkylation sites (tertiary alicyclic amines) is 1. The van der Waals surface area contributed by atoms with Crippen molar-refractivity contribution in [2.75, 3.05) is 6.54 Å². The van der Waals surface area contributed by atoms with Crippen molar-refractivity contribution in [3.8, 4) is 17.2 Å². The molecule has 1 saturated heterocycles. The molecule has 0 bridgehead atoms. The van der Waals surface area contributed by atoms with E-state index in [1.54, 1.807) is 32.9 Å². The molecule has 1 N–H and O–H groups in total. The molecule has 13 nitrogen and oxygen atoms in total. The molecule has 1 aliphatic rings. The number of carbonyl (C=O) groups excluding carboxylic acids is 2. The maximum atomic E-state index is 14.5. The van der Waals surface area contributed by atoms with E-state index in [4.69, 9.17) is 27.9 Å². The third-order valence-corrected chi connectivity index (χ3v) is 7.62. The topological polar surface area (TPSA) is 142 Å². The molecule has 0 saturated carbocycles. The molecule has 0 radical (unpaired) electrons. The van der Waals surface area contributed by atoms with Gasteiger partial charge >= 0.3 is 18.0 Å². The summed E-state index contributed by atoms with van der Waals surface area (Å²) in [7, 11) is 0. The summed E-state index contributed by atoms with van der Waals surface area (Å²) in [6.45, 7) is 2.66. The molecule has 0 spiro atoms. The highest BCUT2D eigenvalue weighted by Crippen LogP contribution is 2.27. The van der Waals surface area contributed by atoms with Crippen LogP contribution in [0.5, 0.6) is 0 Å². The predicted octanol–water partition coefficient (Wildman–Crippen LogP) is 4.44. The Bertz CT molecular complexity index is 1850. The van der Waals surface area contributed by atoms with Gasteiger partial charge in [-0.05, 0) is 57.2 Å². The Hall–Kier alpha value is -4.51. The first kappa shape index (κ1) is 34.8. The highest BCUT2D eigenvalue weighted by Gasteiger charge is 2.47. The van der Waals surface area contributed by atoms with Crippen LogP contribution in [0.15, 0.2) is 53.7 Å². The minimum atomic E-state index is -5.08. The maximum Gasteiger partial charge on any atom is 0.411 e. The van der Waals surface area contributed by atoms with Gasteiger partial charge in [0.1, 0.15) is 36.7 Å². The van der Waals surface area contributed by atoms with Gasteiger partial charge in [0.2, 0.25) is 5.91 Å². The summed E-state index contributed by atoms with van der Waals surface area (Å²) >= 11 is 12.2. The molecule has 1 unspecified atom stereocenters. The molecular formula is C29H29Cl2F4N9O4. The number of carbonyl (C=O) groups is 2. The van der Waals surface area contributed by atoms with Crippen LogP contribution in [-0.4, -0.2) is 87.6 Å². The monoisotopic (exact) mass is 713 g/mol. The van der Waals surface area contributed by atoms with Gasteiger partial charge in [-0.2, -0.15) is 13.2 Å². The quantitative estimate of drug-likeness (QED) is 0.264. The summed E-state index contributed by atoms with van der Waals surface area (Å²) in [6, 6.07) is 4.83. The molecule has 2 amide bonds. The molecule has 1 aliphatic heterocycles. The first-order chi connectivity index (χ1) is 22.5. The molecule has 256 valence electrons. The first-order valence-corrected chi connectivity index (χ1v) is 15.2. The lowest BCUT2D eigenvalue weighted by atomic mass is 10.1. The highest BCUT2D eigenvalue weighted by molar-refractivity contribution is 6.32. The summed E-state index contributed by atoms with van der Waals surface area (Å²) in [5.41, 5.74) is -1.73. The molecule has 1 fully saturated rings. The lowest BCUT2D eigenvalue weighted by Gasteiger charge is -2.29. The molecule has 4 heterocycles. The number of rotatable bonds is 8. The summed E-state index contributed by atoms with van der Waals surface area (Å²) in [4.78, 5) is 48.5. The zero-order chi connectivity index (χ0) is 35.0.